The van der Waals surface area contributed by atoms with Crippen LogP contribution in [0.3, 0.4) is 0 Å². The zero-order valence-corrected chi connectivity index (χ0v) is 13.4. The lowest BCUT2D eigenvalue weighted by Crippen LogP contribution is -2.44. The summed E-state index contributed by atoms with van der Waals surface area (Å²) >= 11 is 0. The summed E-state index contributed by atoms with van der Waals surface area (Å²) in [5.74, 6) is 0.940. The summed E-state index contributed by atoms with van der Waals surface area (Å²) in [4.78, 5) is 13.9. The number of fused-ring (bicyclic) bond motifs is 1. The SMILES string of the molecule is CC(C)(C)OC(=O)N1CCC2(CCc3ccc(O)cc3O2)C1. The highest BCUT2D eigenvalue weighted by molar-refractivity contribution is 5.68. The highest BCUT2D eigenvalue weighted by Gasteiger charge is 2.45. The molecule has 5 heteroatoms. The second kappa shape index (κ2) is 5.07. The van der Waals surface area contributed by atoms with Gasteiger partial charge in [-0.2, -0.15) is 0 Å². The molecule has 1 amide bonds. The van der Waals surface area contributed by atoms with E-state index in [0.717, 1.165) is 30.6 Å². The largest absolute Gasteiger partial charge is 0.508 e. The molecule has 0 aromatic heterocycles. The van der Waals surface area contributed by atoms with E-state index >= 15 is 0 Å². The Morgan fingerprint density at radius 1 is 1.36 bits per heavy atom. The van der Waals surface area contributed by atoms with E-state index in [4.69, 9.17) is 9.47 Å². The van der Waals surface area contributed by atoms with Crippen molar-refractivity contribution in [1.29, 1.82) is 0 Å². The third-order valence-electron chi connectivity index (χ3n) is 4.20. The molecule has 1 spiro atoms. The first-order valence-electron chi connectivity index (χ1n) is 7.75. The van der Waals surface area contributed by atoms with Crippen molar-refractivity contribution in [1.82, 2.24) is 4.90 Å². The molecule has 1 aromatic carbocycles. The van der Waals surface area contributed by atoms with Gasteiger partial charge in [0.05, 0.1) is 6.54 Å². The number of phenolic OH excluding ortho intramolecular Hbond substituents is 1. The summed E-state index contributed by atoms with van der Waals surface area (Å²) in [5, 5.41) is 9.62. The quantitative estimate of drug-likeness (QED) is 0.800. The number of amides is 1. The van der Waals surface area contributed by atoms with Crippen LogP contribution in [-0.4, -0.2) is 40.4 Å². The topological polar surface area (TPSA) is 59.0 Å². The lowest BCUT2D eigenvalue weighted by molar-refractivity contribution is 0.0170. The van der Waals surface area contributed by atoms with Crippen molar-refractivity contribution in [2.45, 2.75) is 51.2 Å². The van der Waals surface area contributed by atoms with Crippen molar-refractivity contribution in [2.24, 2.45) is 0 Å². The molecule has 1 fully saturated rings. The smallest absolute Gasteiger partial charge is 0.410 e. The van der Waals surface area contributed by atoms with Crippen molar-refractivity contribution in [3.05, 3.63) is 23.8 Å². The first-order valence-corrected chi connectivity index (χ1v) is 7.75. The Labute approximate surface area is 130 Å². The molecule has 120 valence electrons. The van der Waals surface area contributed by atoms with Crippen LogP contribution in [-0.2, 0) is 11.2 Å². The van der Waals surface area contributed by atoms with E-state index < -0.39 is 5.60 Å². The summed E-state index contributed by atoms with van der Waals surface area (Å²) in [6, 6.07) is 5.24. The number of hydrogen-bond donors (Lipinski definition) is 1. The zero-order valence-electron chi connectivity index (χ0n) is 13.4. The van der Waals surface area contributed by atoms with E-state index in [1.807, 2.05) is 26.8 Å². The Hall–Kier alpha value is -1.91. The lowest BCUT2D eigenvalue weighted by Gasteiger charge is -2.35. The highest BCUT2D eigenvalue weighted by Crippen LogP contribution is 2.40. The molecule has 0 bridgehead atoms. The molecule has 1 aromatic rings. The standard InChI is InChI=1S/C17H23NO4/c1-16(2,3)22-15(20)18-9-8-17(11-18)7-6-12-4-5-13(19)10-14(12)21-17/h4-5,10,19H,6-9,11H2,1-3H3. The first kappa shape index (κ1) is 15.0. The fourth-order valence-corrected chi connectivity index (χ4v) is 3.11. The molecule has 0 aliphatic carbocycles. The van der Waals surface area contributed by atoms with Gasteiger partial charge in [0.15, 0.2) is 0 Å². The van der Waals surface area contributed by atoms with Gasteiger partial charge in [0.25, 0.3) is 0 Å². The molecule has 1 atom stereocenters. The third-order valence-corrected chi connectivity index (χ3v) is 4.20. The first-order chi connectivity index (χ1) is 10.3. The molecule has 2 aliphatic rings. The van der Waals surface area contributed by atoms with Gasteiger partial charge < -0.3 is 19.5 Å². The summed E-state index contributed by atoms with van der Waals surface area (Å²) in [5.41, 5.74) is 0.273. The van der Waals surface area contributed by atoms with Gasteiger partial charge in [0, 0.05) is 19.0 Å². The number of aryl methyl sites for hydroxylation is 1. The van der Waals surface area contributed by atoms with Crippen LogP contribution in [0.25, 0.3) is 0 Å². The summed E-state index contributed by atoms with van der Waals surface area (Å²) in [6.07, 6.45) is 2.29. The fourth-order valence-electron chi connectivity index (χ4n) is 3.11. The van der Waals surface area contributed by atoms with E-state index in [1.54, 1.807) is 17.0 Å². The van der Waals surface area contributed by atoms with E-state index in [-0.39, 0.29) is 17.4 Å². The summed E-state index contributed by atoms with van der Waals surface area (Å²) in [7, 11) is 0. The predicted molar refractivity (Wildman–Crippen MR) is 82.2 cm³/mol. The zero-order chi connectivity index (χ0) is 16.0. The van der Waals surface area contributed by atoms with Crippen LogP contribution in [0.15, 0.2) is 18.2 Å². The predicted octanol–water partition coefficient (Wildman–Crippen LogP) is 3.10. The molecule has 3 rings (SSSR count). The molecule has 0 saturated carbocycles. The van der Waals surface area contributed by atoms with E-state index in [9.17, 15) is 9.90 Å². The van der Waals surface area contributed by atoms with E-state index in [1.165, 1.54) is 0 Å². The average Bonchev–Trinajstić information content (AvgIpc) is 2.80. The second-order valence-electron chi connectivity index (χ2n) is 7.23. The minimum atomic E-state index is -0.487. The molecule has 2 aliphatic heterocycles. The second-order valence-corrected chi connectivity index (χ2v) is 7.23. The highest BCUT2D eigenvalue weighted by atomic mass is 16.6. The van der Waals surface area contributed by atoms with Gasteiger partial charge in [0.1, 0.15) is 22.7 Å². The number of ether oxygens (including phenoxy) is 2. The van der Waals surface area contributed by atoms with Crippen LogP contribution in [0.1, 0.15) is 39.2 Å². The summed E-state index contributed by atoms with van der Waals surface area (Å²) in [6.45, 7) is 6.78. The molecule has 22 heavy (non-hydrogen) atoms. The van der Waals surface area contributed by atoms with E-state index in [2.05, 4.69) is 0 Å². The molecular weight excluding hydrogens is 282 g/mol. The number of aromatic hydroxyl groups is 1. The fraction of sp³-hybridized carbons (Fsp3) is 0.588. The number of rotatable bonds is 0. The maximum Gasteiger partial charge on any atom is 0.410 e. The van der Waals surface area contributed by atoms with Crippen molar-refractivity contribution in [2.75, 3.05) is 13.1 Å². The molecule has 1 unspecified atom stereocenters. The molecular formula is C17H23NO4. The lowest BCUT2D eigenvalue weighted by atomic mass is 9.90. The van der Waals surface area contributed by atoms with Gasteiger partial charge in [-0.05, 0) is 45.2 Å². The average molecular weight is 305 g/mol. The van der Waals surface area contributed by atoms with Crippen molar-refractivity contribution in [3.8, 4) is 11.5 Å². The minimum absolute atomic E-state index is 0.206. The van der Waals surface area contributed by atoms with Gasteiger partial charge >= 0.3 is 6.09 Å². The van der Waals surface area contributed by atoms with Gasteiger partial charge in [-0.1, -0.05) is 6.07 Å². The van der Waals surface area contributed by atoms with Crippen LogP contribution in [0.5, 0.6) is 11.5 Å². The number of benzene rings is 1. The Balaban J connectivity index is 1.71. The van der Waals surface area contributed by atoms with Crippen LogP contribution in [0.2, 0.25) is 0 Å². The molecule has 0 radical (unpaired) electrons. The van der Waals surface area contributed by atoms with E-state index in [0.29, 0.717) is 13.1 Å². The Morgan fingerprint density at radius 3 is 2.86 bits per heavy atom. The number of likely N-dealkylation sites (tertiary alicyclic amines) is 1. The monoisotopic (exact) mass is 305 g/mol. The molecule has 1 saturated heterocycles. The number of carbonyl (C=O) groups is 1. The van der Waals surface area contributed by atoms with Gasteiger partial charge in [-0.3, -0.25) is 0 Å². The number of phenols is 1. The Morgan fingerprint density at radius 2 is 2.14 bits per heavy atom. The number of carbonyl (C=O) groups excluding carboxylic acids is 1. The van der Waals surface area contributed by atoms with Gasteiger partial charge in [0.2, 0.25) is 0 Å². The van der Waals surface area contributed by atoms with Gasteiger partial charge in [-0.25, -0.2) is 4.79 Å². The van der Waals surface area contributed by atoms with Crippen molar-refractivity contribution in [3.63, 3.8) is 0 Å². The molecule has 2 heterocycles. The van der Waals surface area contributed by atoms with Crippen LogP contribution >= 0.6 is 0 Å². The van der Waals surface area contributed by atoms with Gasteiger partial charge in [-0.15, -0.1) is 0 Å². The third kappa shape index (κ3) is 2.98. The normalized spacial score (nSPS) is 24.0. The van der Waals surface area contributed by atoms with Crippen molar-refractivity contribution >= 4 is 6.09 Å². The maximum absolute atomic E-state index is 12.2. The Kier molecular flexibility index (Phi) is 3.46. The van der Waals surface area contributed by atoms with Crippen LogP contribution in [0.4, 0.5) is 4.79 Å². The number of nitrogens with zero attached hydrogens (tertiary/aromatic N) is 1. The van der Waals surface area contributed by atoms with Crippen molar-refractivity contribution < 1.29 is 19.4 Å². The Bertz CT molecular complexity index is 593. The molecule has 5 nitrogen and oxygen atoms in total. The summed E-state index contributed by atoms with van der Waals surface area (Å²) < 4.78 is 11.6. The molecule has 1 N–H and O–H groups in total. The maximum atomic E-state index is 12.2. The minimum Gasteiger partial charge on any atom is -0.508 e. The van der Waals surface area contributed by atoms with Crippen LogP contribution in [0, 0.1) is 0 Å². The number of hydrogen-bond acceptors (Lipinski definition) is 4. The van der Waals surface area contributed by atoms with Crippen LogP contribution < -0.4 is 4.74 Å².